The van der Waals surface area contributed by atoms with Crippen molar-refractivity contribution in [2.45, 2.75) is 13.0 Å². The van der Waals surface area contributed by atoms with Crippen LogP contribution in [0, 0.1) is 0 Å². The fourth-order valence-corrected chi connectivity index (χ4v) is 2.11. The Morgan fingerprint density at radius 2 is 2.06 bits per heavy atom. The Kier molecular flexibility index (Phi) is 3.33. The first-order chi connectivity index (χ1) is 8.09. The first kappa shape index (κ1) is 11.9. The van der Waals surface area contributed by atoms with Gasteiger partial charge in [0.1, 0.15) is 6.04 Å². The summed E-state index contributed by atoms with van der Waals surface area (Å²) < 4.78 is 0. The lowest BCUT2D eigenvalue weighted by Gasteiger charge is -2.34. The van der Waals surface area contributed by atoms with Gasteiger partial charge in [-0.25, -0.2) is 0 Å². The van der Waals surface area contributed by atoms with Gasteiger partial charge in [0.25, 0.3) is 0 Å². The second kappa shape index (κ2) is 4.75. The molecule has 0 saturated carbocycles. The molecule has 1 aliphatic heterocycles. The molecule has 1 aromatic carbocycles. The van der Waals surface area contributed by atoms with Gasteiger partial charge in [-0.15, -0.1) is 0 Å². The molecule has 2 rings (SSSR count). The van der Waals surface area contributed by atoms with Crippen molar-refractivity contribution in [2.24, 2.45) is 0 Å². The zero-order valence-electron chi connectivity index (χ0n) is 9.44. The van der Waals surface area contributed by atoms with Crippen molar-refractivity contribution >= 4 is 23.4 Å². The van der Waals surface area contributed by atoms with Crippen LogP contribution in [-0.4, -0.2) is 29.8 Å². The number of piperazine rings is 1. The largest absolute Gasteiger partial charge is 0.352 e. The third-order valence-electron chi connectivity index (χ3n) is 2.80. The Hall–Kier alpha value is -1.55. The van der Waals surface area contributed by atoms with E-state index in [-0.39, 0.29) is 11.8 Å². The highest BCUT2D eigenvalue weighted by molar-refractivity contribution is 6.30. The minimum absolute atomic E-state index is 0.0974. The molecule has 90 valence electrons. The summed E-state index contributed by atoms with van der Waals surface area (Å²) in [7, 11) is 0. The number of benzene rings is 1. The van der Waals surface area contributed by atoms with E-state index in [1.54, 1.807) is 29.2 Å². The number of halogens is 1. The summed E-state index contributed by atoms with van der Waals surface area (Å²) in [5, 5.41) is 3.37. The molecule has 1 atom stereocenters. The number of carbonyl (C=O) groups excluding carboxylic acids is 2. The summed E-state index contributed by atoms with van der Waals surface area (Å²) >= 11 is 5.80. The van der Waals surface area contributed by atoms with Crippen molar-refractivity contribution < 1.29 is 9.59 Å². The summed E-state index contributed by atoms with van der Waals surface area (Å²) in [5.74, 6) is -0.242. The number of hydrogen-bond acceptors (Lipinski definition) is 2. The first-order valence-electron chi connectivity index (χ1n) is 5.40. The van der Waals surface area contributed by atoms with E-state index in [4.69, 9.17) is 11.6 Å². The molecule has 1 heterocycles. The van der Waals surface area contributed by atoms with Gasteiger partial charge >= 0.3 is 0 Å². The van der Waals surface area contributed by atoms with E-state index in [1.807, 2.05) is 0 Å². The first-order valence-corrected chi connectivity index (χ1v) is 5.78. The summed E-state index contributed by atoms with van der Waals surface area (Å²) in [6.07, 6.45) is 0. The molecule has 1 saturated heterocycles. The van der Waals surface area contributed by atoms with Gasteiger partial charge in [0, 0.05) is 25.0 Å². The van der Waals surface area contributed by atoms with Crippen LogP contribution in [0.5, 0.6) is 0 Å². The van der Waals surface area contributed by atoms with Crippen molar-refractivity contribution in [2.75, 3.05) is 13.1 Å². The number of carbonyl (C=O) groups is 2. The third-order valence-corrected chi connectivity index (χ3v) is 3.05. The van der Waals surface area contributed by atoms with Crippen molar-refractivity contribution in [3.8, 4) is 0 Å². The molecule has 1 aliphatic rings. The van der Waals surface area contributed by atoms with Gasteiger partial charge in [-0.3, -0.25) is 9.59 Å². The smallest absolute Gasteiger partial charge is 0.247 e. The Balaban J connectivity index is 2.34. The van der Waals surface area contributed by atoms with Crippen molar-refractivity contribution in [1.82, 2.24) is 10.2 Å². The van der Waals surface area contributed by atoms with Crippen molar-refractivity contribution in [1.29, 1.82) is 0 Å². The fourth-order valence-electron chi connectivity index (χ4n) is 1.98. The summed E-state index contributed by atoms with van der Waals surface area (Å²) in [5.41, 5.74) is 0.779. The molecule has 17 heavy (non-hydrogen) atoms. The average molecular weight is 253 g/mol. The number of hydrogen-bond donors (Lipinski definition) is 1. The van der Waals surface area contributed by atoms with E-state index in [0.29, 0.717) is 18.1 Å². The monoisotopic (exact) mass is 252 g/mol. The molecule has 4 nitrogen and oxygen atoms in total. The van der Waals surface area contributed by atoms with Crippen molar-refractivity contribution in [3.63, 3.8) is 0 Å². The number of amides is 2. The molecule has 2 amide bonds. The van der Waals surface area contributed by atoms with E-state index in [2.05, 4.69) is 5.32 Å². The molecular formula is C12H13ClN2O2. The number of nitrogens with one attached hydrogen (secondary N) is 1. The number of rotatable bonds is 1. The van der Waals surface area contributed by atoms with E-state index in [9.17, 15) is 9.59 Å². The van der Waals surface area contributed by atoms with Gasteiger partial charge in [0.15, 0.2) is 0 Å². The molecular weight excluding hydrogens is 240 g/mol. The minimum Gasteiger partial charge on any atom is -0.352 e. The van der Waals surface area contributed by atoms with Crippen LogP contribution in [0.1, 0.15) is 18.5 Å². The normalized spacial score (nSPS) is 20.0. The maximum Gasteiger partial charge on any atom is 0.247 e. The van der Waals surface area contributed by atoms with E-state index < -0.39 is 6.04 Å². The minimum atomic E-state index is -0.543. The lowest BCUT2D eigenvalue weighted by molar-refractivity contribution is -0.142. The molecule has 1 unspecified atom stereocenters. The third kappa shape index (κ3) is 2.42. The fraction of sp³-hybridized carbons (Fsp3) is 0.333. The van der Waals surface area contributed by atoms with Gasteiger partial charge in [0.2, 0.25) is 11.8 Å². The molecule has 0 radical (unpaired) electrons. The van der Waals surface area contributed by atoms with Crippen LogP contribution in [-0.2, 0) is 9.59 Å². The highest BCUT2D eigenvalue weighted by Crippen LogP contribution is 2.24. The van der Waals surface area contributed by atoms with Crippen LogP contribution >= 0.6 is 11.6 Å². The Bertz CT molecular complexity index is 444. The lowest BCUT2D eigenvalue weighted by Crippen LogP contribution is -2.51. The van der Waals surface area contributed by atoms with Gasteiger partial charge < -0.3 is 10.2 Å². The maximum atomic E-state index is 11.9. The van der Waals surface area contributed by atoms with Crippen LogP contribution in [0.4, 0.5) is 0 Å². The molecule has 0 aliphatic carbocycles. The van der Waals surface area contributed by atoms with Crippen molar-refractivity contribution in [3.05, 3.63) is 34.9 Å². The Morgan fingerprint density at radius 1 is 1.41 bits per heavy atom. The molecule has 1 N–H and O–H groups in total. The zero-order chi connectivity index (χ0) is 12.4. The Labute approximate surface area is 105 Å². The maximum absolute atomic E-state index is 11.9. The van der Waals surface area contributed by atoms with E-state index in [0.717, 1.165) is 5.56 Å². The second-order valence-electron chi connectivity index (χ2n) is 3.96. The van der Waals surface area contributed by atoms with E-state index in [1.165, 1.54) is 6.92 Å². The molecule has 0 bridgehead atoms. The lowest BCUT2D eigenvalue weighted by atomic mass is 10.0. The average Bonchev–Trinajstić information content (AvgIpc) is 2.30. The standard InChI is InChI=1S/C12H13ClN2O2/c1-8(16)15-7-6-14-12(17)11(15)9-2-4-10(13)5-3-9/h2-5,11H,6-7H2,1H3,(H,14,17). The number of nitrogens with zero attached hydrogens (tertiary/aromatic N) is 1. The molecule has 0 spiro atoms. The van der Waals surface area contributed by atoms with E-state index >= 15 is 0 Å². The second-order valence-corrected chi connectivity index (χ2v) is 4.39. The van der Waals surface area contributed by atoms with Gasteiger partial charge in [-0.1, -0.05) is 23.7 Å². The SMILES string of the molecule is CC(=O)N1CCNC(=O)C1c1ccc(Cl)cc1. The predicted molar refractivity (Wildman–Crippen MR) is 64.6 cm³/mol. The highest BCUT2D eigenvalue weighted by Gasteiger charge is 2.32. The highest BCUT2D eigenvalue weighted by atomic mass is 35.5. The topological polar surface area (TPSA) is 49.4 Å². The van der Waals surface area contributed by atoms with Crippen LogP contribution < -0.4 is 5.32 Å². The van der Waals surface area contributed by atoms with Crippen LogP contribution in [0.15, 0.2) is 24.3 Å². The zero-order valence-corrected chi connectivity index (χ0v) is 10.2. The van der Waals surface area contributed by atoms with Crippen LogP contribution in [0.2, 0.25) is 5.02 Å². The predicted octanol–water partition coefficient (Wildman–Crippen LogP) is 1.36. The van der Waals surface area contributed by atoms with Gasteiger partial charge in [-0.05, 0) is 17.7 Å². The molecule has 1 fully saturated rings. The van der Waals surface area contributed by atoms with Gasteiger partial charge in [0.05, 0.1) is 0 Å². The molecule has 0 aromatic heterocycles. The quantitative estimate of drug-likeness (QED) is 0.821. The summed E-state index contributed by atoms with van der Waals surface area (Å²) in [6.45, 7) is 2.51. The van der Waals surface area contributed by atoms with Gasteiger partial charge in [-0.2, -0.15) is 0 Å². The molecule has 1 aromatic rings. The Morgan fingerprint density at radius 3 is 2.65 bits per heavy atom. The van der Waals surface area contributed by atoms with Crippen LogP contribution in [0.3, 0.4) is 0 Å². The molecule has 5 heteroatoms. The summed E-state index contributed by atoms with van der Waals surface area (Å²) in [6, 6.07) is 6.44. The summed E-state index contributed by atoms with van der Waals surface area (Å²) in [4.78, 5) is 24.9. The van der Waals surface area contributed by atoms with Crippen LogP contribution in [0.25, 0.3) is 0 Å².